The highest BCUT2D eigenvalue weighted by Gasteiger charge is 2.22. The van der Waals surface area contributed by atoms with Crippen LogP contribution in [-0.4, -0.2) is 53.0 Å². The summed E-state index contributed by atoms with van der Waals surface area (Å²) in [5, 5.41) is 9.69. The van der Waals surface area contributed by atoms with Gasteiger partial charge in [-0.1, -0.05) is 18.2 Å². The van der Waals surface area contributed by atoms with Crippen molar-refractivity contribution in [1.82, 2.24) is 9.80 Å². The maximum atomic E-state index is 12.2. The summed E-state index contributed by atoms with van der Waals surface area (Å²) in [7, 11) is 0. The van der Waals surface area contributed by atoms with E-state index in [0.29, 0.717) is 11.6 Å². The Hall–Kier alpha value is -1.55. The molecule has 1 saturated heterocycles. The molecule has 1 N–H and O–H groups in total. The van der Waals surface area contributed by atoms with Crippen molar-refractivity contribution in [2.45, 2.75) is 26.3 Å². The average molecular weight is 262 g/mol. The van der Waals surface area contributed by atoms with E-state index in [1.807, 2.05) is 11.0 Å². The molecule has 1 aliphatic heterocycles. The van der Waals surface area contributed by atoms with Crippen molar-refractivity contribution in [2.75, 3.05) is 26.2 Å². The molecule has 0 unspecified atom stereocenters. The van der Waals surface area contributed by atoms with Crippen molar-refractivity contribution in [1.29, 1.82) is 0 Å². The molecule has 1 aromatic carbocycles. The molecule has 0 aromatic heterocycles. The first-order chi connectivity index (χ1) is 9.08. The summed E-state index contributed by atoms with van der Waals surface area (Å²) in [6.45, 7) is 7.79. The Bertz CT molecular complexity index is 438. The van der Waals surface area contributed by atoms with Crippen LogP contribution in [0.2, 0.25) is 0 Å². The highest BCUT2D eigenvalue weighted by molar-refractivity contribution is 5.79. The third-order valence-corrected chi connectivity index (χ3v) is 3.73. The number of rotatable bonds is 3. The number of piperazine rings is 1. The van der Waals surface area contributed by atoms with Crippen molar-refractivity contribution in [3.05, 3.63) is 29.8 Å². The average Bonchev–Trinajstić information content (AvgIpc) is 2.41. The van der Waals surface area contributed by atoms with Crippen LogP contribution < -0.4 is 0 Å². The Morgan fingerprint density at radius 2 is 1.84 bits per heavy atom. The van der Waals surface area contributed by atoms with E-state index in [9.17, 15) is 9.90 Å². The van der Waals surface area contributed by atoms with Gasteiger partial charge in [-0.15, -0.1) is 0 Å². The number of phenolic OH excluding ortho intramolecular Hbond substituents is 1. The third kappa shape index (κ3) is 3.47. The summed E-state index contributed by atoms with van der Waals surface area (Å²) in [5.74, 6) is 0.307. The monoisotopic (exact) mass is 262 g/mol. The fraction of sp³-hybridized carbons (Fsp3) is 0.533. The normalized spacial score (nSPS) is 16.9. The summed E-state index contributed by atoms with van der Waals surface area (Å²) in [6.07, 6.45) is 0.286. The molecule has 1 fully saturated rings. The molecule has 1 amide bonds. The standard InChI is InChI=1S/C15H22N2O2/c1-12(2)16-7-9-17(10-8-16)15(19)11-13-5-3-4-6-14(13)18/h3-6,12,18H,7-11H2,1-2H3. The Morgan fingerprint density at radius 1 is 1.21 bits per heavy atom. The molecule has 104 valence electrons. The smallest absolute Gasteiger partial charge is 0.227 e. The van der Waals surface area contributed by atoms with Gasteiger partial charge in [0.1, 0.15) is 5.75 Å². The lowest BCUT2D eigenvalue weighted by Gasteiger charge is -2.37. The topological polar surface area (TPSA) is 43.8 Å². The van der Waals surface area contributed by atoms with Gasteiger partial charge < -0.3 is 10.0 Å². The molecule has 4 heteroatoms. The largest absolute Gasteiger partial charge is 0.508 e. The highest BCUT2D eigenvalue weighted by Crippen LogP contribution is 2.17. The van der Waals surface area contributed by atoms with E-state index in [1.165, 1.54) is 0 Å². The lowest BCUT2D eigenvalue weighted by Crippen LogP contribution is -2.51. The lowest BCUT2D eigenvalue weighted by atomic mass is 10.1. The molecule has 1 aromatic rings. The number of hydrogen-bond acceptors (Lipinski definition) is 3. The minimum atomic E-state index is 0.102. The number of carbonyl (C=O) groups excluding carboxylic acids is 1. The Balaban J connectivity index is 1.90. The van der Waals surface area contributed by atoms with Crippen molar-refractivity contribution in [3.8, 4) is 5.75 Å². The second kappa shape index (κ2) is 6.06. The van der Waals surface area contributed by atoms with Gasteiger partial charge in [0, 0.05) is 37.8 Å². The molecule has 0 bridgehead atoms. The van der Waals surface area contributed by atoms with Crippen LogP contribution in [0.4, 0.5) is 0 Å². The van der Waals surface area contributed by atoms with Gasteiger partial charge in [0.25, 0.3) is 0 Å². The van der Waals surface area contributed by atoms with Gasteiger partial charge in [0.05, 0.1) is 6.42 Å². The zero-order chi connectivity index (χ0) is 13.8. The Morgan fingerprint density at radius 3 is 2.42 bits per heavy atom. The van der Waals surface area contributed by atoms with Crippen molar-refractivity contribution in [3.63, 3.8) is 0 Å². The van der Waals surface area contributed by atoms with Gasteiger partial charge in [0.15, 0.2) is 0 Å². The number of benzene rings is 1. The van der Waals surface area contributed by atoms with Gasteiger partial charge in [-0.3, -0.25) is 9.69 Å². The van der Waals surface area contributed by atoms with E-state index in [4.69, 9.17) is 0 Å². The van der Waals surface area contributed by atoms with Crippen molar-refractivity contribution < 1.29 is 9.90 Å². The fourth-order valence-electron chi connectivity index (χ4n) is 2.42. The van der Waals surface area contributed by atoms with Gasteiger partial charge in [-0.2, -0.15) is 0 Å². The Labute approximate surface area is 114 Å². The van der Waals surface area contributed by atoms with Gasteiger partial charge in [0.2, 0.25) is 5.91 Å². The minimum absolute atomic E-state index is 0.102. The zero-order valence-corrected chi connectivity index (χ0v) is 11.7. The lowest BCUT2D eigenvalue weighted by molar-refractivity contribution is -0.132. The maximum absolute atomic E-state index is 12.2. The highest BCUT2D eigenvalue weighted by atomic mass is 16.3. The van der Waals surface area contributed by atoms with E-state index in [1.54, 1.807) is 18.2 Å². The minimum Gasteiger partial charge on any atom is -0.508 e. The maximum Gasteiger partial charge on any atom is 0.227 e. The molecule has 1 aliphatic rings. The van der Waals surface area contributed by atoms with Crippen LogP contribution in [0.25, 0.3) is 0 Å². The number of hydrogen-bond donors (Lipinski definition) is 1. The van der Waals surface area contributed by atoms with Crippen LogP contribution in [0.3, 0.4) is 0 Å². The fourth-order valence-corrected chi connectivity index (χ4v) is 2.42. The number of phenols is 1. The second-order valence-corrected chi connectivity index (χ2v) is 5.32. The molecule has 4 nitrogen and oxygen atoms in total. The second-order valence-electron chi connectivity index (χ2n) is 5.32. The molecule has 1 heterocycles. The van der Waals surface area contributed by atoms with Crippen LogP contribution in [-0.2, 0) is 11.2 Å². The van der Waals surface area contributed by atoms with Crippen molar-refractivity contribution >= 4 is 5.91 Å². The quantitative estimate of drug-likeness (QED) is 0.897. The van der Waals surface area contributed by atoms with E-state index >= 15 is 0 Å². The molecule has 19 heavy (non-hydrogen) atoms. The summed E-state index contributed by atoms with van der Waals surface area (Å²) in [4.78, 5) is 16.5. The van der Waals surface area contributed by atoms with Crippen LogP contribution >= 0.6 is 0 Å². The van der Waals surface area contributed by atoms with E-state index < -0.39 is 0 Å². The number of para-hydroxylation sites is 1. The molecule has 2 rings (SSSR count). The molecule has 0 radical (unpaired) electrons. The summed E-state index contributed by atoms with van der Waals surface area (Å²) in [5.41, 5.74) is 0.707. The van der Waals surface area contributed by atoms with E-state index in [-0.39, 0.29) is 18.1 Å². The first kappa shape index (κ1) is 13.9. The molecular formula is C15H22N2O2. The predicted molar refractivity (Wildman–Crippen MR) is 75.1 cm³/mol. The summed E-state index contributed by atoms with van der Waals surface area (Å²) < 4.78 is 0. The van der Waals surface area contributed by atoms with Crippen LogP contribution in [0.15, 0.2) is 24.3 Å². The third-order valence-electron chi connectivity index (χ3n) is 3.73. The van der Waals surface area contributed by atoms with Crippen LogP contribution in [0.1, 0.15) is 19.4 Å². The number of carbonyl (C=O) groups is 1. The number of aromatic hydroxyl groups is 1. The first-order valence-corrected chi connectivity index (χ1v) is 6.86. The summed E-state index contributed by atoms with van der Waals surface area (Å²) >= 11 is 0. The van der Waals surface area contributed by atoms with Crippen LogP contribution in [0.5, 0.6) is 5.75 Å². The Kier molecular flexibility index (Phi) is 4.43. The molecule has 0 atom stereocenters. The predicted octanol–water partition coefficient (Wildman–Crippen LogP) is 1.49. The number of nitrogens with zero attached hydrogens (tertiary/aromatic N) is 2. The summed E-state index contributed by atoms with van der Waals surface area (Å²) in [6, 6.07) is 7.58. The molecular weight excluding hydrogens is 240 g/mol. The molecule has 0 aliphatic carbocycles. The number of amides is 1. The van der Waals surface area contributed by atoms with Gasteiger partial charge >= 0.3 is 0 Å². The van der Waals surface area contributed by atoms with E-state index in [2.05, 4.69) is 18.7 Å². The van der Waals surface area contributed by atoms with Gasteiger partial charge in [-0.05, 0) is 19.9 Å². The SMILES string of the molecule is CC(C)N1CCN(C(=O)Cc2ccccc2O)CC1. The van der Waals surface area contributed by atoms with Crippen LogP contribution in [0, 0.1) is 0 Å². The molecule has 0 saturated carbocycles. The first-order valence-electron chi connectivity index (χ1n) is 6.86. The van der Waals surface area contributed by atoms with E-state index in [0.717, 1.165) is 26.2 Å². The van der Waals surface area contributed by atoms with Gasteiger partial charge in [-0.25, -0.2) is 0 Å². The molecule has 0 spiro atoms. The zero-order valence-electron chi connectivity index (χ0n) is 11.7. The van der Waals surface area contributed by atoms with Crippen molar-refractivity contribution in [2.24, 2.45) is 0 Å².